The molecular weight excluding hydrogens is 377 g/mol. The molecule has 0 saturated carbocycles. The van der Waals surface area contributed by atoms with Gasteiger partial charge in [0.1, 0.15) is 12.4 Å². The Hall–Kier alpha value is -1.32. The van der Waals surface area contributed by atoms with E-state index >= 15 is 0 Å². The minimum atomic E-state index is -5.94. The van der Waals surface area contributed by atoms with Gasteiger partial charge in [-0.2, -0.15) is 26.3 Å². The minimum absolute atomic E-state index is 0.0314. The third-order valence-electron chi connectivity index (χ3n) is 2.35. The van der Waals surface area contributed by atoms with Crippen molar-refractivity contribution in [1.29, 1.82) is 0 Å². The fourth-order valence-corrected chi connectivity index (χ4v) is 1.34. The van der Waals surface area contributed by atoms with Gasteiger partial charge in [-0.3, -0.25) is 0 Å². The summed E-state index contributed by atoms with van der Waals surface area (Å²) < 4.78 is 86.9. The van der Waals surface area contributed by atoms with Gasteiger partial charge in [0.25, 0.3) is 0 Å². The first kappa shape index (κ1) is 17.7. The second kappa shape index (κ2) is 5.82. The predicted molar refractivity (Wildman–Crippen MR) is 60.0 cm³/mol. The highest BCUT2D eigenvalue weighted by atomic mass is 79.9. The van der Waals surface area contributed by atoms with Gasteiger partial charge in [0.05, 0.1) is 0 Å². The summed E-state index contributed by atoms with van der Waals surface area (Å²) in [5.74, 6) is -3.21. The van der Waals surface area contributed by atoms with Crippen molar-refractivity contribution in [3.05, 3.63) is 35.6 Å². The van der Waals surface area contributed by atoms with Gasteiger partial charge in [-0.1, -0.05) is 28.1 Å². The van der Waals surface area contributed by atoms with Crippen LogP contribution in [0.2, 0.25) is 0 Å². The Morgan fingerprint density at radius 3 is 1.81 bits per heavy atom. The molecule has 0 spiro atoms. The lowest BCUT2D eigenvalue weighted by Gasteiger charge is -2.29. The summed E-state index contributed by atoms with van der Waals surface area (Å²) in [7, 11) is 0. The monoisotopic (exact) mass is 382 g/mol. The third-order valence-corrected chi connectivity index (χ3v) is 3.57. The second-order valence-corrected chi connectivity index (χ2v) is 5.05. The van der Waals surface area contributed by atoms with E-state index in [1.54, 1.807) is 0 Å². The largest absolute Gasteiger partial charge is 0.459 e. The molecule has 0 heterocycles. The van der Waals surface area contributed by atoms with Crippen LogP contribution < -0.4 is 0 Å². The van der Waals surface area contributed by atoms with Crippen LogP contribution in [0, 0.1) is 5.82 Å². The topological polar surface area (TPSA) is 26.3 Å². The van der Waals surface area contributed by atoms with Crippen molar-refractivity contribution in [3.8, 4) is 0 Å². The quantitative estimate of drug-likeness (QED) is 0.446. The molecule has 0 aromatic heterocycles. The molecule has 10 heteroatoms. The number of benzene rings is 1. The molecule has 0 aliphatic heterocycles. The molecule has 0 atom stereocenters. The van der Waals surface area contributed by atoms with Gasteiger partial charge in [-0.15, -0.1) is 0 Å². The van der Waals surface area contributed by atoms with Crippen LogP contribution in [0.4, 0.5) is 30.7 Å². The molecule has 0 unspecified atom stereocenters. The van der Waals surface area contributed by atoms with Crippen LogP contribution in [0.15, 0.2) is 24.3 Å². The summed E-state index contributed by atoms with van der Waals surface area (Å²) >= 11 is 1.39. The SMILES string of the molecule is O=C(OCc1ccc(F)cc1)C(Br)(C(F)(F)F)C(F)(F)F. The number of carbonyl (C=O) groups excluding carboxylic acids is 1. The van der Waals surface area contributed by atoms with Crippen LogP contribution >= 0.6 is 15.9 Å². The highest BCUT2D eigenvalue weighted by Gasteiger charge is 2.75. The first-order valence-electron chi connectivity index (χ1n) is 5.13. The van der Waals surface area contributed by atoms with Crippen LogP contribution in [0.25, 0.3) is 0 Å². The molecule has 0 saturated heterocycles. The molecule has 0 aliphatic rings. The van der Waals surface area contributed by atoms with Crippen molar-refractivity contribution < 1.29 is 40.3 Å². The van der Waals surface area contributed by atoms with Crippen LogP contribution in [-0.2, 0) is 16.1 Å². The molecule has 1 aromatic carbocycles. The smallest absolute Gasteiger partial charge is 0.423 e. The van der Waals surface area contributed by atoms with Gasteiger partial charge in [-0.05, 0) is 17.7 Å². The van der Waals surface area contributed by atoms with Crippen molar-refractivity contribution in [2.24, 2.45) is 0 Å². The van der Waals surface area contributed by atoms with Crippen molar-refractivity contribution in [3.63, 3.8) is 0 Å². The number of hydrogen-bond acceptors (Lipinski definition) is 2. The Kier molecular flexibility index (Phi) is 4.91. The summed E-state index contributed by atoms with van der Waals surface area (Å²) in [4.78, 5) is 11.2. The normalized spacial score (nSPS) is 13.1. The average Bonchev–Trinajstić information content (AvgIpc) is 2.34. The van der Waals surface area contributed by atoms with Gasteiger partial charge in [0.15, 0.2) is 0 Å². The van der Waals surface area contributed by atoms with E-state index in [1.807, 2.05) is 0 Å². The minimum Gasteiger partial charge on any atom is -0.459 e. The number of alkyl halides is 7. The molecule has 0 N–H and O–H groups in total. The molecule has 21 heavy (non-hydrogen) atoms. The van der Waals surface area contributed by atoms with Crippen molar-refractivity contribution in [2.75, 3.05) is 0 Å². The zero-order valence-electron chi connectivity index (χ0n) is 9.86. The lowest BCUT2D eigenvalue weighted by Crippen LogP contribution is -2.58. The zero-order chi connectivity index (χ0) is 16.5. The van der Waals surface area contributed by atoms with Crippen molar-refractivity contribution in [1.82, 2.24) is 0 Å². The Labute approximate surface area is 122 Å². The number of ether oxygens (including phenoxy) is 1. The molecule has 0 aliphatic carbocycles. The van der Waals surface area contributed by atoms with Crippen LogP contribution in [0.1, 0.15) is 5.56 Å². The van der Waals surface area contributed by atoms with E-state index in [1.165, 1.54) is 15.9 Å². The lowest BCUT2D eigenvalue weighted by molar-refractivity contribution is -0.263. The molecule has 0 radical (unpaired) electrons. The predicted octanol–water partition coefficient (Wildman–Crippen LogP) is 4.13. The van der Waals surface area contributed by atoms with Gasteiger partial charge >= 0.3 is 22.6 Å². The average molecular weight is 383 g/mol. The summed E-state index contributed by atoms with van der Waals surface area (Å²) in [6.45, 7) is -0.862. The Bertz CT molecular complexity index is 493. The molecule has 1 rings (SSSR count). The van der Waals surface area contributed by atoms with Gasteiger partial charge in [-0.25, -0.2) is 9.18 Å². The van der Waals surface area contributed by atoms with Crippen molar-refractivity contribution >= 4 is 21.9 Å². The Balaban J connectivity index is 2.91. The second-order valence-electron chi connectivity index (χ2n) is 3.86. The molecule has 0 amide bonds. The van der Waals surface area contributed by atoms with E-state index < -0.39 is 35.1 Å². The fourth-order valence-electron chi connectivity index (χ4n) is 1.22. The molecule has 2 nitrogen and oxygen atoms in total. The number of carbonyl (C=O) groups is 1. The first-order chi connectivity index (χ1) is 9.39. The van der Waals surface area contributed by atoms with E-state index in [0.717, 1.165) is 24.3 Å². The van der Waals surface area contributed by atoms with Crippen LogP contribution in [-0.4, -0.2) is 22.6 Å². The number of halogens is 8. The summed E-state index contributed by atoms with van der Waals surface area (Å²) in [6.07, 6.45) is -11.9. The van der Waals surface area contributed by atoms with Crippen molar-refractivity contribution in [2.45, 2.75) is 23.3 Å². The van der Waals surface area contributed by atoms with Gasteiger partial charge in [0, 0.05) is 0 Å². The Morgan fingerprint density at radius 1 is 1.00 bits per heavy atom. The maximum absolute atomic E-state index is 12.6. The third kappa shape index (κ3) is 3.66. The van der Waals surface area contributed by atoms with Gasteiger partial charge in [0.2, 0.25) is 0 Å². The highest BCUT2D eigenvalue weighted by Crippen LogP contribution is 2.50. The van der Waals surface area contributed by atoms with E-state index in [4.69, 9.17) is 0 Å². The maximum Gasteiger partial charge on any atom is 0.423 e. The van der Waals surface area contributed by atoms with Gasteiger partial charge < -0.3 is 4.74 Å². The standard InChI is InChI=1S/C11H6BrF7O2/c12-9(10(14,15)16,11(17,18)19)8(20)21-5-6-1-3-7(13)4-2-6/h1-4H,5H2. The van der Waals surface area contributed by atoms with E-state index in [-0.39, 0.29) is 5.56 Å². The first-order valence-corrected chi connectivity index (χ1v) is 5.93. The summed E-state index contributed by atoms with van der Waals surface area (Å²) in [5.41, 5.74) is 0.0314. The van der Waals surface area contributed by atoms with Crippen LogP contribution in [0.5, 0.6) is 0 Å². The summed E-state index contributed by atoms with van der Waals surface area (Å²) in [5, 5.41) is 0. The molecular formula is C11H6BrF7O2. The lowest BCUT2D eigenvalue weighted by atomic mass is 10.1. The van der Waals surface area contributed by atoms with Crippen LogP contribution in [0.3, 0.4) is 0 Å². The Morgan fingerprint density at radius 2 is 1.43 bits per heavy atom. The van der Waals surface area contributed by atoms with E-state index in [2.05, 4.69) is 4.74 Å². The molecule has 0 fully saturated rings. The zero-order valence-corrected chi connectivity index (χ0v) is 11.4. The van der Waals surface area contributed by atoms with E-state index in [9.17, 15) is 35.5 Å². The molecule has 118 valence electrons. The number of esters is 1. The van der Waals surface area contributed by atoms with E-state index in [0.29, 0.717) is 0 Å². The maximum atomic E-state index is 12.6. The number of rotatable bonds is 3. The molecule has 0 bridgehead atoms. The summed E-state index contributed by atoms with van der Waals surface area (Å²) in [6, 6.07) is 3.94. The number of hydrogen-bond donors (Lipinski definition) is 0. The molecule has 1 aromatic rings. The highest BCUT2D eigenvalue weighted by molar-refractivity contribution is 9.10. The fraction of sp³-hybridized carbons (Fsp3) is 0.364.